The van der Waals surface area contributed by atoms with Gasteiger partial charge >= 0.3 is 11.9 Å². The molecule has 0 aromatic rings. The summed E-state index contributed by atoms with van der Waals surface area (Å²) in [6.07, 6.45) is 8.49. The molecule has 174 valence electrons. The van der Waals surface area contributed by atoms with Crippen LogP contribution in [0.3, 0.4) is 0 Å². The number of esters is 2. The predicted molar refractivity (Wildman–Crippen MR) is 122 cm³/mol. The van der Waals surface area contributed by atoms with Crippen molar-refractivity contribution in [3.8, 4) is 0 Å². The molecular formula is C25H44O5. The van der Waals surface area contributed by atoms with Gasteiger partial charge in [0.1, 0.15) is 0 Å². The number of allylic oxidation sites excluding steroid dienone is 3. The van der Waals surface area contributed by atoms with E-state index >= 15 is 0 Å². The molecule has 0 aliphatic carbocycles. The minimum atomic E-state index is -0.432. The Labute approximate surface area is 183 Å². The van der Waals surface area contributed by atoms with E-state index in [0.29, 0.717) is 17.4 Å². The van der Waals surface area contributed by atoms with Crippen LogP contribution in [0.15, 0.2) is 23.3 Å². The molecule has 0 spiro atoms. The van der Waals surface area contributed by atoms with Crippen LogP contribution in [0.4, 0.5) is 0 Å². The Morgan fingerprint density at radius 2 is 1.60 bits per heavy atom. The highest BCUT2D eigenvalue weighted by molar-refractivity contribution is 5.90. The van der Waals surface area contributed by atoms with E-state index in [1.54, 1.807) is 13.0 Å². The van der Waals surface area contributed by atoms with Crippen LogP contribution < -0.4 is 0 Å². The lowest BCUT2D eigenvalue weighted by Gasteiger charge is -2.23. The summed E-state index contributed by atoms with van der Waals surface area (Å²) in [5, 5.41) is 9.84. The molecule has 30 heavy (non-hydrogen) atoms. The molecule has 5 nitrogen and oxygen atoms in total. The summed E-state index contributed by atoms with van der Waals surface area (Å²) in [5.74, 6) is 0.650. The van der Waals surface area contributed by atoms with Gasteiger partial charge in [0.2, 0.25) is 0 Å². The highest BCUT2D eigenvalue weighted by Crippen LogP contribution is 2.26. The van der Waals surface area contributed by atoms with E-state index in [1.165, 1.54) is 27.1 Å². The van der Waals surface area contributed by atoms with E-state index in [0.717, 1.165) is 18.4 Å². The number of rotatable bonds is 14. The van der Waals surface area contributed by atoms with Crippen molar-refractivity contribution in [2.75, 3.05) is 20.8 Å². The zero-order valence-corrected chi connectivity index (χ0v) is 20.4. The maximum Gasteiger partial charge on any atom is 0.333 e. The second kappa shape index (κ2) is 15.2. The van der Waals surface area contributed by atoms with E-state index < -0.39 is 11.9 Å². The van der Waals surface area contributed by atoms with Gasteiger partial charge < -0.3 is 14.6 Å². The van der Waals surface area contributed by atoms with Gasteiger partial charge in [0.25, 0.3) is 0 Å². The summed E-state index contributed by atoms with van der Waals surface area (Å²) in [5.41, 5.74) is 1.40. The van der Waals surface area contributed by atoms with Crippen LogP contribution in [-0.4, -0.2) is 37.9 Å². The molecule has 0 aromatic carbocycles. The highest BCUT2D eigenvalue weighted by Gasteiger charge is 2.20. The summed E-state index contributed by atoms with van der Waals surface area (Å²) in [7, 11) is 2.68. The third kappa shape index (κ3) is 11.5. The van der Waals surface area contributed by atoms with Crippen LogP contribution in [0.25, 0.3) is 0 Å². The molecule has 0 amide bonds. The number of aliphatic hydroxyl groups is 1. The monoisotopic (exact) mass is 424 g/mol. The first kappa shape index (κ1) is 28.4. The van der Waals surface area contributed by atoms with Gasteiger partial charge in [-0.25, -0.2) is 4.79 Å². The van der Waals surface area contributed by atoms with Gasteiger partial charge in [-0.05, 0) is 62.4 Å². The molecule has 0 aliphatic rings. The van der Waals surface area contributed by atoms with Crippen LogP contribution in [0.1, 0.15) is 73.6 Å². The van der Waals surface area contributed by atoms with Crippen molar-refractivity contribution in [2.45, 2.75) is 73.6 Å². The van der Waals surface area contributed by atoms with Crippen molar-refractivity contribution >= 4 is 11.9 Å². The molecule has 0 saturated carbocycles. The summed E-state index contributed by atoms with van der Waals surface area (Å²) in [6, 6.07) is 0. The molecule has 0 heterocycles. The van der Waals surface area contributed by atoms with E-state index in [1.807, 2.05) is 6.92 Å². The smallest absolute Gasteiger partial charge is 0.333 e. The molecule has 0 rings (SSSR count). The number of aliphatic hydroxyl groups excluding tert-OH is 1. The van der Waals surface area contributed by atoms with Crippen LogP contribution in [0, 0.1) is 29.6 Å². The quantitative estimate of drug-likeness (QED) is 0.232. The normalized spacial score (nSPS) is 17.6. The van der Waals surface area contributed by atoms with Crippen molar-refractivity contribution in [2.24, 2.45) is 29.6 Å². The summed E-state index contributed by atoms with van der Waals surface area (Å²) in [6.45, 7) is 12.8. The van der Waals surface area contributed by atoms with Crippen LogP contribution in [0.2, 0.25) is 0 Å². The zero-order valence-electron chi connectivity index (χ0n) is 20.4. The largest absolute Gasteiger partial charge is 0.469 e. The predicted octanol–water partition coefficient (Wildman–Crippen LogP) is 5.33. The van der Waals surface area contributed by atoms with Crippen molar-refractivity contribution in [1.82, 2.24) is 0 Å². The number of ether oxygens (including phenoxy) is 2. The van der Waals surface area contributed by atoms with E-state index in [-0.39, 0.29) is 30.8 Å². The fourth-order valence-corrected chi connectivity index (χ4v) is 4.08. The number of hydrogen-bond acceptors (Lipinski definition) is 5. The third-order valence-electron chi connectivity index (χ3n) is 5.73. The van der Waals surface area contributed by atoms with Gasteiger partial charge in [0.05, 0.1) is 20.1 Å². The fraction of sp³-hybridized carbons (Fsp3) is 0.760. The van der Waals surface area contributed by atoms with Crippen LogP contribution >= 0.6 is 0 Å². The molecular weight excluding hydrogens is 380 g/mol. The molecule has 0 aliphatic heterocycles. The molecule has 1 N–H and O–H groups in total. The topological polar surface area (TPSA) is 72.8 Å². The number of carbonyl (C=O) groups excluding carboxylic acids is 2. The average molecular weight is 425 g/mol. The van der Waals surface area contributed by atoms with Crippen molar-refractivity contribution in [1.29, 1.82) is 0 Å². The van der Waals surface area contributed by atoms with E-state index in [9.17, 15) is 14.7 Å². The zero-order chi connectivity index (χ0) is 23.3. The van der Waals surface area contributed by atoms with Gasteiger partial charge in [0.15, 0.2) is 0 Å². The molecule has 0 fully saturated rings. The second-order valence-corrected chi connectivity index (χ2v) is 9.05. The minimum absolute atomic E-state index is 0.196. The third-order valence-corrected chi connectivity index (χ3v) is 5.73. The molecule has 0 saturated heterocycles. The van der Waals surface area contributed by atoms with Gasteiger partial charge in [-0.2, -0.15) is 0 Å². The average Bonchev–Trinajstić information content (AvgIpc) is 2.70. The Balaban J connectivity index is 5.12. The summed E-state index contributed by atoms with van der Waals surface area (Å²) < 4.78 is 9.64. The Hall–Kier alpha value is -1.62. The van der Waals surface area contributed by atoms with Crippen LogP contribution in [0.5, 0.6) is 0 Å². The van der Waals surface area contributed by atoms with Gasteiger partial charge in [0, 0.05) is 12.2 Å². The van der Waals surface area contributed by atoms with Crippen molar-refractivity contribution in [3.63, 3.8) is 0 Å². The molecule has 5 heteroatoms. The van der Waals surface area contributed by atoms with E-state index in [4.69, 9.17) is 9.47 Å². The first-order chi connectivity index (χ1) is 14.1. The van der Waals surface area contributed by atoms with Crippen molar-refractivity contribution < 1.29 is 24.2 Å². The van der Waals surface area contributed by atoms with Gasteiger partial charge in [-0.15, -0.1) is 0 Å². The Morgan fingerprint density at radius 3 is 2.10 bits per heavy atom. The molecule has 0 bridgehead atoms. The minimum Gasteiger partial charge on any atom is -0.469 e. The highest BCUT2D eigenvalue weighted by atomic mass is 16.5. The first-order valence-electron chi connectivity index (χ1n) is 11.2. The summed E-state index contributed by atoms with van der Waals surface area (Å²) >= 11 is 0. The lowest BCUT2D eigenvalue weighted by Crippen LogP contribution is -2.17. The van der Waals surface area contributed by atoms with Crippen LogP contribution in [-0.2, 0) is 19.1 Å². The van der Waals surface area contributed by atoms with Gasteiger partial charge in [-0.1, -0.05) is 52.7 Å². The lowest BCUT2D eigenvalue weighted by atomic mass is 9.84. The molecule has 0 unspecified atom stereocenters. The summed E-state index contributed by atoms with van der Waals surface area (Å²) in [4.78, 5) is 23.8. The van der Waals surface area contributed by atoms with Crippen molar-refractivity contribution in [3.05, 3.63) is 23.3 Å². The lowest BCUT2D eigenvalue weighted by molar-refractivity contribution is -0.145. The fourth-order valence-electron chi connectivity index (χ4n) is 4.08. The Kier molecular flexibility index (Phi) is 14.4. The molecule has 0 radical (unpaired) electrons. The first-order valence-corrected chi connectivity index (χ1v) is 11.2. The maximum atomic E-state index is 12.1. The number of methoxy groups -OCH3 is 2. The SMILES string of the molecule is CC[C@H](C)C[C@H](C)C[C@H](CO)C[C@@H](C)C=C(C)C=C(C[C@@H](C)C(=O)OC)C(=O)OC. The van der Waals surface area contributed by atoms with E-state index in [2.05, 4.69) is 33.8 Å². The number of hydrogen-bond donors (Lipinski definition) is 1. The Morgan fingerprint density at radius 1 is 0.967 bits per heavy atom. The maximum absolute atomic E-state index is 12.1. The molecule has 5 atom stereocenters. The Bertz CT molecular complexity index is 578. The molecule has 0 aromatic heterocycles. The standard InChI is InChI=1S/C25H44O5/c1-9-17(2)10-18(3)12-22(16-26)13-19(4)11-20(5)14-23(25(28)30-8)15-21(6)24(27)29-7/h11,14,17-19,21-22,26H,9-10,12-13,15-16H2,1-8H3/t17-,18-,19-,21+,22-/m0/s1. The van der Waals surface area contributed by atoms with Gasteiger partial charge in [-0.3, -0.25) is 4.79 Å². The number of carbonyl (C=O) groups is 2. The second-order valence-electron chi connectivity index (χ2n) is 9.05.